The maximum absolute atomic E-state index is 13.1. The summed E-state index contributed by atoms with van der Waals surface area (Å²) < 4.78 is 47.5. The standard InChI is InChI=1S/C20H21F3N6O2/c1-12-4-5-13(2)16(10-12)31-11-27-7-6-15(26-27)18(30)28-8-9-29-17(14(28)3)24-25-19(29)20(21,22)23/h4-7,10,14H,8-9,11H2,1-3H3. The summed E-state index contributed by atoms with van der Waals surface area (Å²) in [6.07, 6.45) is -2.97. The molecule has 8 nitrogen and oxygen atoms in total. The van der Waals surface area contributed by atoms with Crippen molar-refractivity contribution in [1.29, 1.82) is 0 Å². The zero-order valence-corrected chi connectivity index (χ0v) is 17.2. The van der Waals surface area contributed by atoms with E-state index in [0.717, 1.165) is 21.4 Å². The van der Waals surface area contributed by atoms with Crippen LogP contribution < -0.4 is 4.74 Å². The van der Waals surface area contributed by atoms with E-state index < -0.39 is 18.0 Å². The van der Waals surface area contributed by atoms with Crippen LogP contribution in [-0.4, -0.2) is 41.9 Å². The SMILES string of the molecule is Cc1ccc(C)c(OCn2ccc(C(=O)N3CCn4c(nnc4C(F)(F)F)C3C)n2)c1. The molecule has 3 heterocycles. The Hall–Kier alpha value is -3.37. The van der Waals surface area contributed by atoms with Crippen molar-refractivity contribution < 1.29 is 22.7 Å². The first-order chi connectivity index (χ1) is 14.6. The van der Waals surface area contributed by atoms with Gasteiger partial charge in [-0.1, -0.05) is 12.1 Å². The summed E-state index contributed by atoms with van der Waals surface area (Å²) in [5, 5.41) is 11.2. The molecule has 0 spiro atoms. The maximum Gasteiger partial charge on any atom is 0.451 e. The van der Waals surface area contributed by atoms with Crippen LogP contribution in [-0.2, 0) is 19.5 Å². The zero-order valence-electron chi connectivity index (χ0n) is 17.2. The van der Waals surface area contributed by atoms with Gasteiger partial charge < -0.3 is 14.2 Å². The molecule has 31 heavy (non-hydrogen) atoms. The van der Waals surface area contributed by atoms with Crippen molar-refractivity contribution in [3.05, 3.63) is 58.9 Å². The number of aromatic nitrogens is 5. The molecule has 4 rings (SSSR count). The number of aryl methyl sites for hydroxylation is 2. The lowest BCUT2D eigenvalue weighted by Crippen LogP contribution is -2.42. The molecule has 0 N–H and O–H groups in total. The quantitative estimate of drug-likeness (QED) is 0.629. The molecular weight excluding hydrogens is 413 g/mol. The van der Waals surface area contributed by atoms with E-state index >= 15 is 0 Å². The lowest BCUT2D eigenvalue weighted by molar-refractivity contribution is -0.148. The van der Waals surface area contributed by atoms with Gasteiger partial charge in [-0.25, -0.2) is 4.68 Å². The van der Waals surface area contributed by atoms with Crippen LogP contribution in [0.2, 0.25) is 0 Å². The predicted molar refractivity (Wildman–Crippen MR) is 103 cm³/mol. The molecule has 1 aliphatic rings. The number of carbonyl (C=O) groups excluding carboxylic acids is 1. The van der Waals surface area contributed by atoms with Gasteiger partial charge in [0.2, 0.25) is 5.82 Å². The van der Waals surface area contributed by atoms with Crippen LogP contribution in [0, 0.1) is 13.8 Å². The molecule has 0 saturated heterocycles. The first kappa shape index (κ1) is 20.9. The molecule has 3 aromatic rings. The predicted octanol–water partition coefficient (Wildman–Crippen LogP) is 3.36. The Labute approximate surface area is 176 Å². The van der Waals surface area contributed by atoms with Gasteiger partial charge in [-0.15, -0.1) is 10.2 Å². The number of alkyl halides is 3. The Morgan fingerprint density at radius 3 is 2.71 bits per heavy atom. The van der Waals surface area contributed by atoms with Crippen LogP contribution in [0.4, 0.5) is 13.2 Å². The summed E-state index contributed by atoms with van der Waals surface area (Å²) in [6, 6.07) is 6.77. The number of fused-ring (bicyclic) bond motifs is 1. The molecule has 2 aromatic heterocycles. The summed E-state index contributed by atoms with van der Waals surface area (Å²) >= 11 is 0. The lowest BCUT2D eigenvalue weighted by atomic mass is 10.1. The summed E-state index contributed by atoms with van der Waals surface area (Å²) in [5.41, 5.74) is 2.23. The molecule has 0 aliphatic carbocycles. The summed E-state index contributed by atoms with van der Waals surface area (Å²) in [5.74, 6) is -0.604. The minimum Gasteiger partial charge on any atom is -0.471 e. The zero-order chi connectivity index (χ0) is 22.3. The van der Waals surface area contributed by atoms with E-state index in [2.05, 4.69) is 15.3 Å². The molecule has 1 aromatic carbocycles. The minimum absolute atomic E-state index is 0.0380. The van der Waals surface area contributed by atoms with E-state index in [-0.39, 0.29) is 37.2 Å². The number of hydrogen-bond acceptors (Lipinski definition) is 5. The average Bonchev–Trinajstić information content (AvgIpc) is 3.36. The normalized spacial score (nSPS) is 16.3. The van der Waals surface area contributed by atoms with Crippen molar-refractivity contribution in [2.45, 2.75) is 46.3 Å². The van der Waals surface area contributed by atoms with Crippen LogP contribution in [0.1, 0.15) is 46.2 Å². The highest BCUT2D eigenvalue weighted by atomic mass is 19.4. The van der Waals surface area contributed by atoms with E-state index in [0.29, 0.717) is 0 Å². The Morgan fingerprint density at radius 2 is 1.97 bits per heavy atom. The molecule has 1 atom stereocenters. The van der Waals surface area contributed by atoms with Gasteiger partial charge in [0.05, 0.1) is 6.04 Å². The fourth-order valence-electron chi connectivity index (χ4n) is 3.57. The van der Waals surface area contributed by atoms with Crippen LogP contribution in [0.5, 0.6) is 5.75 Å². The van der Waals surface area contributed by atoms with Crippen molar-refractivity contribution >= 4 is 5.91 Å². The van der Waals surface area contributed by atoms with Crippen LogP contribution in [0.15, 0.2) is 30.5 Å². The van der Waals surface area contributed by atoms with Gasteiger partial charge >= 0.3 is 6.18 Å². The fraction of sp³-hybridized carbons (Fsp3) is 0.400. The highest BCUT2D eigenvalue weighted by molar-refractivity contribution is 5.92. The van der Waals surface area contributed by atoms with E-state index in [1.807, 2.05) is 32.0 Å². The monoisotopic (exact) mass is 434 g/mol. The van der Waals surface area contributed by atoms with Gasteiger partial charge in [0.25, 0.3) is 5.91 Å². The Morgan fingerprint density at radius 1 is 1.19 bits per heavy atom. The molecular formula is C20H21F3N6O2. The van der Waals surface area contributed by atoms with E-state index in [1.165, 1.54) is 9.58 Å². The first-order valence-corrected chi connectivity index (χ1v) is 9.70. The Bertz CT molecular complexity index is 1120. The number of carbonyl (C=O) groups is 1. The Kier molecular flexibility index (Phi) is 5.19. The van der Waals surface area contributed by atoms with Gasteiger partial charge in [-0.05, 0) is 44.0 Å². The van der Waals surface area contributed by atoms with Crippen LogP contribution >= 0.6 is 0 Å². The van der Waals surface area contributed by atoms with Crippen molar-refractivity contribution in [3.63, 3.8) is 0 Å². The maximum atomic E-state index is 13.1. The van der Waals surface area contributed by atoms with Gasteiger partial charge in [-0.3, -0.25) is 4.79 Å². The summed E-state index contributed by atoms with van der Waals surface area (Å²) in [4.78, 5) is 14.4. The summed E-state index contributed by atoms with van der Waals surface area (Å²) in [6.45, 7) is 5.71. The fourth-order valence-corrected chi connectivity index (χ4v) is 3.57. The molecule has 0 saturated carbocycles. The van der Waals surface area contributed by atoms with Crippen molar-refractivity contribution in [3.8, 4) is 5.75 Å². The highest BCUT2D eigenvalue weighted by Crippen LogP contribution is 2.33. The minimum atomic E-state index is -4.59. The molecule has 0 bridgehead atoms. The van der Waals surface area contributed by atoms with Gasteiger partial charge in [0.15, 0.2) is 18.2 Å². The molecule has 1 aliphatic heterocycles. The van der Waals surface area contributed by atoms with E-state index in [1.54, 1.807) is 19.2 Å². The second kappa shape index (κ2) is 7.71. The van der Waals surface area contributed by atoms with Gasteiger partial charge in [0, 0.05) is 19.3 Å². The van der Waals surface area contributed by atoms with Crippen molar-refractivity contribution in [2.75, 3.05) is 6.54 Å². The summed E-state index contributed by atoms with van der Waals surface area (Å²) in [7, 11) is 0. The second-order valence-electron chi connectivity index (χ2n) is 7.49. The molecule has 0 fully saturated rings. The topological polar surface area (TPSA) is 78.1 Å². The van der Waals surface area contributed by atoms with E-state index in [9.17, 15) is 18.0 Å². The lowest BCUT2D eigenvalue weighted by Gasteiger charge is -2.33. The number of nitrogens with zero attached hydrogens (tertiary/aromatic N) is 6. The largest absolute Gasteiger partial charge is 0.471 e. The smallest absolute Gasteiger partial charge is 0.451 e. The van der Waals surface area contributed by atoms with E-state index in [4.69, 9.17) is 4.74 Å². The third kappa shape index (κ3) is 3.99. The molecule has 0 radical (unpaired) electrons. The average molecular weight is 434 g/mol. The number of benzene rings is 1. The first-order valence-electron chi connectivity index (χ1n) is 9.70. The molecule has 1 unspecified atom stereocenters. The molecule has 11 heteroatoms. The molecule has 164 valence electrons. The molecule has 1 amide bonds. The van der Waals surface area contributed by atoms with Crippen LogP contribution in [0.3, 0.4) is 0 Å². The third-order valence-electron chi connectivity index (χ3n) is 5.26. The van der Waals surface area contributed by atoms with Crippen molar-refractivity contribution in [1.82, 2.24) is 29.4 Å². The second-order valence-corrected chi connectivity index (χ2v) is 7.49. The number of rotatable bonds is 4. The van der Waals surface area contributed by atoms with Crippen LogP contribution in [0.25, 0.3) is 0 Å². The number of amides is 1. The number of ether oxygens (including phenoxy) is 1. The third-order valence-corrected chi connectivity index (χ3v) is 5.26. The van der Waals surface area contributed by atoms with Gasteiger partial charge in [-0.2, -0.15) is 18.3 Å². The highest BCUT2D eigenvalue weighted by Gasteiger charge is 2.42. The number of halogens is 3. The number of hydrogen-bond donors (Lipinski definition) is 0. The Balaban J connectivity index is 1.46. The van der Waals surface area contributed by atoms with Gasteiger partial charge in [0.1, 0.15) is 5.75 Å². The van der Waals surface area contributed by atoms with Crippen molar-refractivity contribution in [2.24, 2.45) is 0 Å².